The van der Waals surface area contributed by atoms with Crippen molar-refractivity contribution in [3.8, 4) is 0 Å². The van der Waals surface area contributed by atoms with E-state index in [2.05, 4.69) is 0 Å². The minimum Gasteiger partial charge on any atom is -0.294 e. The number of Topliss-reactive ketones (excluding diaryl/α,β-unsaturated/α-hetero) is 1. The first-order chi connectivity index (χ1) is 6.75. The third kappa shape index (κ3) is 2.47. The van der Waals surface area contributed by atoms with Crippen molar-refractivity contribution in [2.24, 2.45) is 0 Å². The van der Waals surface area contributed by atoms with Gasteiger partial charge in [-0.15, -0.1) is 0 Å². The number of carbonyl (C=O) groups excluding carboxylic acids is 1. The van der Waals surface area contributed by atoms with Crippen LogP contribution in [0.15, 0.2) is 12.1 Å². The highest BCUT2D eigenvalue weighted by atomic mass is 127. The van der Waals surface area contributed by atoms with Crippen LogP contribution >= 0.6 is 22.6 Å². The van der Waals surface area contributed by atoms with Gasteiger partial charge >= 0.3 is 6.18 Å². The Morgan fingerprint density at radius 1 is 1.33 bits per heavy atom. The van der Waals surface area contributed by atoms with Gasteiger partial charge in [0.1, 0.15) is 11.4 Å². The highest BCUT2D eigenvalue weighted by Crippen LogP contribution is 2.35. The molecule has 0 heterocycles. The number of halogens is 5. The molecule has 0 amide bonds. The van der Waals surface area contributed by atoms with Crippen LogP contribution in [0.25, 0.3) is 0 Å². The van der Waals surface area contributed by atoms with Crippen molar-refractivity contribution in [3.63, 3.8) is 0 Å². The lowest BCUT2D eigenvalue weighted by Crippen LogP contribution is -2.13. The Morgan fingerprint density at radius 2 is 1.87 bits per heavy atom. The van der Waals surface area contributed by atoms with E-state index in [1.54, 1.807) is 0 Å². The largest absolute Gasteiger partial charge is 0.420 e. The molecule has 0 N–H and O–H groups in total. The minimum atomic E-state index is -4.79. The summed E-state index contributed by atoms with van der Waals surface area (Å²) in [6.07, 6.45) is -4.79. The van der Waals surface area contributed by atoms with Crippen LogP contribution in [0.1, 0.15) is 22.8 Å². The highest BCUT2D eigenvalue weighted by Gasteiger charge is 2.37. The highest BCUT2D eigenvalue weighted by molar-refractivity contribution is 14.1. The number of benzene rings is 1. The fourth-order valence-corrected chi connectivity index (χ4v) is 1.81. The zero-order valence-electron chi connectivity index (χ0n) is 7.45. The average molecular weight is 332 g/mol. The number of rotatable bonds is 1. The van der Waals surface area contributed by atoms with Crippen LogP contribution < -0.4 is 0 Å². The summed E-state index contributed by atoms with van der Waals surface area (Å²) >= 11 is 1.38. The fraction of sp³-hybridized carbons (Fsp3) is 0.222. The molecule has 15 heavy (non-hydrogen) atoms. The number of ketones is 1. The summed E-state index contributed by atoms with van der Waals surface area (Å²) in [5, 5.41) is 0. The van der Waals surface area contributed by atoms with Gasteiger partial charge in [-0.05, 0) is 41.6 Å². The summed E-state index contributed by atoms with van der Waals surface area (Å²) in [4.78, 5) is 10.8. The first-order valence-corrected chi connectivity index (χ1v) is 4.89. The molecule has 0 aliphatic rings. The molecule has 0 saturated heterocycles. The van der Waals surface area contributed by atoms with E-state index in [4.69, 9.17) is 0 Å². The first-order valence-electron chi connectivity index (χ1n) is 3.81. The summed E-state index contributed by atoms with van der Waals surface area (Å²) in [6, 6.07) is 2.12. The van der Waals surface area contributed by atoms with Crippen LogP contribution in [0.3, 0.4) is 0 Å². The standard InChI is InChI=1S/C9H5F4IO/c1-4(15)5-2-3-6(14)7(8(5)10)9(11,12)13/h2-3H,1H3. The molecule has 1 aromatic rings. The molecule has 1 rings (SSSR count). The van der Waals surface area contributed by atoms with Crippen LogP contribution in [0.2, 0.25) is 0 Å². The predicted molar refractivity (Wildman–Crippen MR) is 54.1 cm³/mol. The van der Waals surface area contributed by atoms with Gasteiger partial charge in [0.25, 0.3) is 0 Å². The van der Waals surface area contributed by atoms with Crippen LogP contribution in [0.5, 0.6) is 0 Å². The lowest BCUT2D eigenvalue weighted by Gasteiger charge is -2.11. The van der Waals surface area contributed by atoms with Gasteiger partial charge in [0.15, 0.2) is 5.78 Å². The predicted octanol–water partition coefficient (Wildman–Crippen LogP) is 3.65. The Hall–Kier alpha value is -0.660. The zero-order chi connectivity index (χ0) is 11.8. The first kappa shape index (κ1) is 12.4. The van der Waals surface area contributed by atoms with E-state index in [1.165, 1.54) is 22.6 Å². The topological polar surface area (TPSA) is 17.1 Å². The average Bonchev–Trinajstić information content (AvgIpc) is 2.00. The third-order valence-electron chi connectivity index (χ3n) is 1.75. The van der Waals surface area contributed by atoms with Crippen molar-refractivity contribution < 1.29 is 22.4 Å². The molecular weight excluding hydrogens is 327 g/mol. The van der Waals surface area contributed by atoms with Gasteiger partial charge in [0, 0.05) is 3.57 Å². The van der Waals surface area contributed by atoms with E-state index >= 15 is 0 Å². The van der Waals surface area contributed by atoms with Crippen LogP contribution in [0, 0.1) is 9.39 Å². The maximum atomic E-state index is 13.3. The zero-order valence-corrected chi connectivity index (χ0v) is 9.61. The molecule has 0 fully saturated rings. The second kappa shape index (κ2) is 4.07. The normalized spacial score (nSPS) is 11.6. The molecule has 0 saturated carbocycles. The number of hydrogen-bond donors (Lipinski definition) is 0. The van der Waals surface area contributed by atoms with E-state index in [1.807, 2.05) is 0 Å². The molecule has 0 spiro atoms. The molecule has 0 aromatic heterocycles. The van der Waals surface area contributed by atoms with Crippen LogP contribution in [-0.2, 0) is 6.18 Å². The second-order valence-corrected chi connectivity index (χ2v) is 4.00. The van der Waals surface area contributed by atoms with E-state index in [0.29, 0.717) is 0 Å². The molecule has 0 bridgehead atoms. The van der Waals surface area contributed by atoms with Crippen molar-refractivity contribution in [2.45, 2.75) is 13.1 Å². The lowest BCUT2D eigenvalue weighted by atomic mass is 10.1. The van der Waals surface area contributed by atoms with E-state index in [9.17, 15) is 22.4 Å². The lowest BCUT2D eigenvalue weighted by molar-refractivity contribution is -0.140. The molecule has 1 aromatic carbocycles. The number of carbonyl (C=O) groups is 1. The molecule has 1 nitrogen and oxygen atoms in total. The maximum Gasteiger partial charge on any atom is 0.420 e. The molecule has 0 aliphatic carbocycles. The Kier molecular flexibility index (Phi) is 3.37. The van der Waals surface area contributed by atoms with E-state index < -0.39 is 28.9 Å². The summed E-state index contributed by atoms with van der Waals surface area (Å²) in [5.41, 5.74) is -1.92. The second-order valence-electron chi connectivity index (χ2n) is 2.84. The Labute approximate surface area is 96.6 Å². The van der Waals surface area contributed by atoms with Gasteiger partial charge in [-0.2, -0.15) is 13.2 Å². The molecule has 0 unspecified atom stereocenters. The molecule has 0 aliphatic heterocycles. The fourth-order valence-electron chi connectivity index (χ4n) is 1.08. The quantitative estimate of drug-likeness (QED) is 0.436. The molecule has 0 radical (unpaired) electrons. The van der Waals surface area contributed by atoms with Crippen LogP contribution in [-0.4, -0.2) is 5.78 Å². The van der Waals surface area contributed by atoms with Crippen molar-refractivity contribution in [2.75, 3.05) is 0 Å². The van der Waals surface area contributed by atoms with E-state index in [-0.39, 0.29) is 3.57 Å². The minimum absolute atomic E-state index is 0.261. The SMILES string of the molecule is CC(=O)c1ccc(I)c(C(F)(F)F)c1F. The monoisotopic (exact) mass is 332 g/mol. The van der Waals surface area contributed by atoms with Gasteiger partial charge in [0.2, 0.25) is 0 Å². The smallest absolute Gasteiger partial charge is 0.294 e. The Balaban J connectivity index is 3.51. The van der Waals surface area contributed by atoms with Gasteiger partial charge in [-0.3, -0.25) is 4.79 Å². The maximum absolute atomic E-state index is 13.3. The molecule has 82 valence electrons. The van der Waals surface area contributed by atoms with Crippen molar-refractivity contribution in [1.82, 2.24) is 0 Å². The van der Waals surface area contributed by atoms with Crippen LogP contribution in [0.4, 0.5) is 17.6 Å². The van der Waals surface area contributed by atoms with E-state index in [0.717, 1.165) is 19.1 Å². The van der Waals surface area contributed by atoms with Gasteiger partial charge < -0.3 is 0 Å². The third-order valence-corrected chi connectivity index (χ3v) is 2.65. The summed E-state index contributed by atoms with van der Waals surface area (Å²) in [7, 11) is 0. The summed E-state index contributed by atoms with van der Waals surface area (Å²) < 4.78 is 50.3. The molecule has 0 atom stereocenters. The van der Waals surface area contributed by atoms with Crippen molar-refractivity contribution in [3.05, 3.63) is 32.6 Å². The Morgan fingerprint density at radius 3 is 2.27 bits per heavy atom. The van der Waals surface area contributed by atoms with Gasteiger partial charge in [0.05, 0.1) is 5.56 Å². The van der Waals surface area contributed by atoms with Gasteiger partial charge in [-0.1, -0.05) is 0 Å². The van der Waals surface area contributed by atoms with Gasteiger partial charge in [-0.25, -0.2) is 4.39 Å². The molecular formula is C9H5F4IO. The number of alkyl halides is 3. The summed E-state index contributed by atoms with van der Waals surface area (Å²) in [5.74, 6) is -2.23. The van der Waals surface area contributed by atoms with Crippen molar-refractivity contribution in [1.29, 1.82) is 0 Å². The summed E-state index contributed by atoms with van der Waals surface area (Å²) in [6.45, 7) is 1.02. The molecule has 6 heteroatoms. The van der Waals surface area contributed by atoms with Crippen molar-refractivity contribution >= 4 is 28.4 Å². The Bertz CT molecular complexity index is 411. The number of hydrogen-bond acceptors (Lipinski definition) is 1.